The van der Waals surface area contributed by atoms with Gasteiger partial charge in [0.2, 0.25) is 0 Å². The summed E-state index contributed by atoms with van der Waals surface area (Å²) in [6, 6.07) is 12.1. The van der Waals surface area contributed by atoms with Gasteiger partial charge in [0, 0.05) is 56.4 Å². The molecule has 1 saturated heterocycles. The third-order valence-corrected chi connectivity index (χ3v) is 5.86. The van der Waals surface area contributed by atoms with Gasteiger partial charge in [-0.15, -0.1) is 0 Å². The Balaban J connectivity index is 1.39. The van der Waals surface area contributed by atoms with Gasteiger partial charge in [0.1, 0.15) is 18.5 Å². The van der Waals surface area contributed by atoms with Gasteiger partial charge in [0.15, 0.2) is 0 Å². The number of ether oxygens (including phenoxy) is 2. The van der Waals surface area contributed by atoms with Crippen LogP contribution in [0.4, 0.5) is 4.79 Å². The minimum absolute atomic E-state index is 0.203. The highest BCUT2D eigenvalue weighted by Gasteiger charge is 2.23. The Bertz CT molecular complexity index is 1060. The minimum atomic E-state index is -0.624. The van der Waals surface area contributed by atoms with E-state index in [1.54, 1.807) is 4.90 Å². The number of amides is 1. The summed E-state index contributed by atoms with van der Waals surface area (Å²) in [6.45, 7) is 6.20. The van der Waals surface area contributed by atoms with Crippen LogP contribution in [0, 0.1) is 0 Å². The Labute approximate surface area is 187 Å². The van der Waals surface area contributed by atoms with Crippen LogP contribution < -0.4 is 4.74 Å². The number of rotatable bonds is 7. The molecule has 1 aliphatic heterocycles. The predicted octanol–water partition coefficient (Wildman–Crippen LogP) is 2.85. The fourth-order valence-corrected chi connectivity index (χ4v) is 4.10. The lowest BCUT2D eigenvalue weighted by Crippen LogP contribution is -2.50. The van der Waals surface area contributed by atoms with Crippen molar-refractivity contribution < 1.29 is 19.4 Å². The van der Waals surface area contributed by atoms with Gasteiger partial charge in [-0.05, 0) is 30.0 Å². The number of hydrogen-bond donors (Lipinski definition) is 1. The molecule has 0 bridgehead atoms. The SMILES string of the molecule is CCn1cc(-c2ccc(OCC(O)CN3CCN(C(=O)OC)CC3)c3ccccc23)cn1. The van der Waals surface area contributed by atoms with Crippen molar-refractivity contribution in [3.63, 3.8) is 0 Å². The zero-order chi connectivity index (χ0) is 22.5. The third kappa shape index (κ3) is 4.87. The summed E-state index contributed by atoms with van der Waals surface area (Å²) in [6.07, 6.45) is 3.01. The molecule has 0 radical (unpaired) electrons. The van der Waals surface area contributed by atoms with E-state index < -0.39 is 6.10 Å². The number of piperazine rings is 1. The first-order chi connectivity index (χ1) is 15.6. The number of aryl methyl sites for hydroxylation is 1. The van der Waals surface area contributed by atoms with Gasteiger partial charge >= 0.3 is 6.09 Å². The van der Waals surface area contributed by atoms with Crippen LogP contribution in [0.5, 0.6) is 5.75 Å². The van der Waals surface area contributed by atoms with Crippen molar-refractivity contribution in [3.8, 4) is 16.9 Å². The number of hydrogen-bond acceptors (Lipinski definition) is 6. The van der Waals surface area contributed by atoms with E-state index in [1.807, 2.05) is 47.4 Å². The molecule has 0 spiro atoms. The average Bonchev–Trinajstić information content (AvgIpc) is 3.31. The zero-order valence-corrected chi connectivity index (χ0v) is 18.6. The third-order valence-electron chi connectivity index (χ3n) is 5.86. The number of aliphatic hydroxyl groups excluding tert-OH is 1. The predicted molar refractivity (Wildman–Crippen MR) is 123 cm³/mol. The number of nitrogens with zero attached hydrogens (tertiary/aromatic N) is 4. The van der Waals surface area contributed by atoms with Gasteiger partial charge in [0.25, 0.3) is 0 Å². The number of carbonyl (C=O) groups is 1. The van der Waals surface area contributed by atoms with Crippen LogP contribution in [-0.4, -0.2) is 83.3 Å². The number of methoxy groups -OCH3 is 1. The van der Waals surface area contributed by atoms with Crippen LogP contribution in [0.15, 0.2) is 48.8 Å². The number of benzene rings is 2. The van der Waals surface area contributed by atoms with Crippen molar-refractivity contribution in [1.82, 2.24) is 19.6 Å². The molecular formula is C24H30N4O4. The Morgan fingerprint density at radius 2 is 1.88 bits per heavy atom. The lowest BCUT2D eigenvalue weighted by atomic mass is 10.00. The molecule has 0 saturated carbocycles. The summed E-state index contributed by atoms with van der Waals surface area (Å²) in [7, 11) is 1.39. The summed E-state index contributed by atoms with van der Waals surface area (Å²) >= 11 is 0. The molecule has 1 unspecified atom stereocenters. The standard InChI is InChI=1S/C24H30N4O4/c1-3-28-15-18(14-25-28)20-8-9-23(22-7-5-4-6-21(20)22)32-17-19(29)16-26-10-12-27(13-11-26)24(30)31-2/h4-9,14-15,19,29H,3,10-13,16-17H2,1-2H3. The number of aromatic nitrogens is 2. The van der Waals surface area contributed by atoms with E-state index in [9.17, 15) is 9.90 Å². The Morgan fingerprint density at radius 3 is 2.56 bits per heavy atom. The van der Waals surface area contributed by atoms with Crippen molar-refractivity contribution in [2.75, 3.05) is 46.4 Å². The van der Waals surface area contributed by atoms with Crippen LogP contribution in [0.1, 0.15) is 6.92 Å². The summed E-state index contributed by atoms with van der Waals surface area (Å²) in [4.78, 5) is 15.4. The second-order valence-electron chi connectivity index (χ2n) is 7.96. The van der Waals surface area contributed by atoms with E-state index >= 15 is 0 Å². The minimum Gasteiger partial charge on any atom is -0.490 e. The lowest BCUT2D eigenvalue weighted by molar-refractivity contribution is 0.0438. The molecule has 8 nitrogen and oxygen atoms in total. The largest absolute Gasteiger partial charge is 0.490 e. The average molecular weight is 439 g/mol. The summed E-state index contributed by atoms with van der Waals surface area (Å²) < 4.78 is 12.7. The maximum atomic E-state index is 11.6. The summed E-state index contributed by atoms with van der Waals surface area (Å²) in [5.74, 6) is 0.752. The molecule has 1 fully saturated rings. The first-order valence-corrected chi connectivity index (χ1v) is 11.0. The van der Waals surface area contributed by atoms with Crippen molar-refractivity contribution in [1.29, 1.82) is 0 Å². The molecule has 32 heavy (non-hydrogen) atoms. The summed E-state index contributed by atoms with van der Waals surface area (Å²) in [5.41, 5.74) is 2.18. The Morgan fingerprint density at radius 1 is 1.12 bits per heavy atom. The first kappa shape index (κ1) is 22.1. The number of aliphatic hydroxyl groups is 1. The van der Waals surface area contributed by atoms with Crippen molar-refractivity contribution in [2.45, 2.75) is 19.6 Å². The van der Waals surface area contributed by atoms with Crippen LogP contribution in [0.2, 0.25) is 0 Å². The molecule has 2 aromatic carbocycles. The second kappa shape index (κ2) is 10.0. The normalized spacial score (nSPS) is 15.7. The second-order valence-corrected chi connectivity index (χ2v) is 7.96. The van der Waals surface area contributed by atoms with Crippen LogP contribution >= 0.6 is 0 Å². The van der Waals surface area contributed by atoms with Crippen LogP contribution in [0.25, 0.3) is 21.9 Å². The van der Waals surface area contributed by atoms with E-state index in [1.165, 1.54) is 7.11 Å². The first-order valence-electron chi connectivity index (χ1n) is 11.0. The van der Waals surface area contributed by atoms with Gasteiger partial charge in [0.05, 0.1) is 13.3 Å². The zero-order valence-electron chi connectivity index (χ0n) is 18.6. The smallest absolute Gasteiger partial charge is 0.409 e. The molecule has 1 amide bonds. The Kier molecular flexibility index (Phi) is 6.92. The highest BCUT2D eigenvalue weighted by atomic mass is 16.5. The fraction of sp³-hybridized carbons (Fsp3) is 0.417. The maximum Gasteiger partial charge on any atom is 0.409 e. The van der Waals surface area contributed by atoms with E-state index in [2.05, 4.69) is 23.0 Å². The molecule has 1 aliphatic rings. The van der Waals surface area contributed by atoms with E-state index in [0.717, 1.165) is 34.2 Å². The lowest BCUT2D eigenvalue weighted by Gasteiger charge is -2.34. The highest BCUT2D eigenvalue weighted by Crippen LogP contribution is 2.34. The van der Waals surface area contributed by atoms with Crippen molar-refractivity contribution >= 4 is 16.9 Å². The molecule has 4 rings (SSSR count). The van der Waals surface area contributed by atoms with Crippen molar-refractivity contribution in [2.24, 2.45) is 0 Å². The topological polar surface area (TPSA) is 80.1 Å². The maximum absolute atomic E-state index is 11.6. The molecule has 170 valence electrons. The number of carbonyl (C=O) groups excluding carboxylic acids is 1. The molecule has 1 N–H and O–H groups in total. The van der Waals surface area contributed by atoms with E-state index in [0.29, 0.717) is 32.7 Å². The molecule has 8 heteroatoms. The molecule has 1 atom stereocenters. The number of fused-ring (bicyclic) bond motifs is 1. The Hall–Kier alpha value is -3.10. The van der Waals surface area contributed by atoms with Gasteiger partial charge in [-0.25, -0.2) is 4.79 Å². The molecule has 2 heterocycles. The van der Waals surface area contributed by atoms with E-state index in [4.69, 9.17) is 9.47 Å². The highest BCUT2D eigenvalue weighted by molar-refractivity contribution is 5.99. The van der Waals surface area contributed by atoms with Gasteiger partial charge in [-0.1, -0.05) is 24.3 Å². The molecule has 1 aromatic heterocycles. The van der Waals surface area contributed by atoms with Crippen LogP contribution in [-0.2, 0) is 11.3 Å². The van der Waals surface area contributed by atoms with Gasteiger partial charge in [-0.3, -0.25) is 9.58 Å². The van der Waals surface area contributed by atoms with Gasteiger partial charge < -0.3 is 19.5 Å². The fourth-order valence-electron chi connectivity index (χ4n) is 4.10. The van der Waals surface area contributed by atoms with Crippen LogP contribution in [0.3, 0.4) is 0 Å². The monoisotopic (exact) mass is 438 g/mol. The van der Waals surface area contributed by atoms with Crippen molar-refractivity contribution in [3.05, 3.63) is 48.8 Å². The molecule has 3 aromatic rings. The van der Waals surface area contributed by atoms with E-state index in [-0.39, 0.29) is 12.7 Å². The summed E-state index contributed by atoms with van der Waals surface area (Å²) in [5, 5.41) is 17.0. The molecular weight excluding hydrogens is 408 g/mol. The quantitative estimate of drug-likeness (QED) is 0.611. The van der Waals surface area contributed by atoms with Gasteiger partial charge in [-0.2, -0.15) is 5.10 Å². The number of β-amino-alcohol motifs (C(OH)–C–C–N with tert-alkyl or cyclic N) is 1. The molecule has 0 aliphatic carbocycles.